The highest BCUT2D eigenvalue weighted by Crippen LogP contribution is 2.15. The van der Waals surface area contributed by atoms with E-state index < -0.39 is 0 Å². The first-order valence-electron chi connectivity index (χ1n) is 6.31. The Morgan fingerprint density at radius 1 is 1.41 bits per heavy atom. The van der Waals surface area contributed by atoms with E-state index >= 15 is 0 Å². The molecule has 1 aliphatic rings. The summed E-state index contributed by atoms with van der Waals surface area (Å²) in [6.45, 7) is 7.07. The molecule has 1 unspecified atom stereocenters. The zero-order valence-corrected chi connectivity index (χ0v) is 11.9. The summed E-state index contributed by atoms with van der Waals surface area (Å²) in [4.78, 5) is 6.71. The van der Waals surface area contributed by atoms with Gasteiger partial charge in [0.15, 0.2) is 0 Å². The average molecular weight is 298 g/mol. The quantitative estimate of drug-likeness (QED) is 0.906. The molecule has 0 bridgehead atoms. The van der Waals surface area contributed by atoms with E-state index in [0.717, 1.165) is 16.7 Å². The van der Waals surface area contributed by atoms with Gasteiger partial charge in [0.2, 0.25) is 0 Å². The van der Waals surface area contributed by atoms with Gasteiger partial charge in [0.05, 0.1) is 11.9 Å². The second kappa shape index (κ2) is 6.36. The molecule has 1 atom stereocenters. The molecule has 1 aromatic rings. The van der Waals surface area contributed by atoms with Crippen LogP contribution in [0.4, 0.5) is 5.69 Å². The Bertz CT molecular complexity index is 350. The summed E-state index contributed by atoms with van der Waals surface area (Å²) in [6.07, 6.45) is 6.41. The van der Waals surface area contributed by atoms with Gasteiger partial charge in [-0.1, -0.05) is 6.92 Å². The van der Waals surface area contributed by atoms with Gasteiger partial charge < -0.3 is 10.2 Å². The number of likely N-dealkylation sites (tertiary alicyclic amines) is 1. The highest BCUT2D eigenvalue weighted by molar-refractivity contribution is 9.10. The van der Waals surface area contributed by atoms with E-state index in [0.29, 0.717) is 5.92 Å². The molecular weight excluding hydrogens is 278 g/mol. The summed E-state index contributed by atoms with van der Waals surface area (Å²) in [5.41, 5.74) is 1.09. The van der Waals surface area contributed by atoms with Gasteiger partial charge in [-0.25, -0.2) is 0 Å². The fourth-order valence-electron chi connectivity index (χ4n) is 2.27. The maximum absolute atomic E-state index is 4.15. The lowest BCUT2D eigenvalue weighted by molar-refractivity contribution is 0.294. The lowest BCUT2D eigenvalue weighted by atomic mass is 10.1. The van der Waals surface area contributed by atoms with Crippen LogP contribution >= 0.6 is 15.9 Å². The van der Waals surface area contributed by atoms with Crippen LogP contribution < -0.4 is 5.32 Å². The van der Waals surface area contributed by atoms with E-state index in [1.54, 1.807) is 6.20 Å². The first-order chi connectivity index (χ1) is 8.24. The van der Waals surface area contributed by atoms with Gasteiger partial charge in [0, 0.05) is 23.8 Å². The summed E-state index contributed by atoms with van der Waals surface area (Å²) in [7, 11) is 0. The van der Waals surface area contributed by atoms with Crippen molar-refractivity contribution in [2.75, 3.05) is 31.5 Å². The number of hydrogen-bond acceptors (Lipinski definition) is 3. The topological polar surface area (TPSA) is 28.2 Å². The van der Waals surface area contributed by atoms with Gasteiger partial charge in [-0.05, 0) is 53.8 Å². The number of pyridine rings is 1. The van der Waals surface area contributed by atoms with Crippen molar-refractivity contribution in [2.24, 2.45) is 5.92 Å². The maximum Gasteiger partial charge on any atom is 0.0538 e. The standard InChI is InChI=1S/C13H20BrN3/c1-11(10-17-4-2-3-5-17)7-16-13-6-12(14)8-15-9-13/h6,8-9,11,16H,2-5,7,10H2,1H3. The average Bonchev–Trinajstić information content (AvgIpc) is 2.79. The smallest absolute Gasteiger partial charge is 0.0538 e. The van der Waals surface area contributed by atoms with Crippen molar-refractivity contribution < 1.29 is 0 Å². The third kappa shape index (κ3) is 4.28. The third-order valence-corrected chi connectivity index (χ3v) is 3.56. The third-order valence-electron chi connectivity index (χ3n) is 3.13. The van der Waals surface area contributed by atoms with E-state index in [1.165, 1.54) is 32.5 Å². The predicted octanol–water partition coefficient (Wildman–Crippen LogP) is 2.99. The Labute approximate surface area is 112 Å². The molecule has 1 aromatic heterocycles. The number of anilines is 1. The number of aromatic nitrogens is 1. The van der Waals surface area contributed by atoms with E-state index in [4.69, 9.17) is 0 Å². The van der Waals surface area contributed by atoms with Gasteiger partial charge in [-0.3, -0.25) is 4.98 Å². The van der Waals surface area contributed by atoms with Crippen molar-refractivity contribution in [3.63, 3.8) is 0 Å². The fourth-order valence-corrected chi connectivity index (χ4v) is 2.64. The lowest BCUT2D eigenvalue weighted by Gasteiger charge is -2.20. The number of hydrogen-bond donors (Lipinski definition) is 1. The number of nitrogens with zero attached hydrogens (tertiary/aromatic N) is 2. The molecule has 94 valence electrons. The molecular formula is C13H20BrN3. The molecule has 0 spiro atoms. The van der Waals surface area contributed by atoms with Crippen molar-refractivity contribution in [1.82, 2.24) is 9.88 Å². The van der Waals surface area contributed by atoms with Crippen LogP contribution in [0.1, 0.15) is 19.8 Å². The Morgan fingerprint density at radius 2 is 2.18 bits per heavy atom. The van der Waals surface area contributed by atoms with Crippen molar-refractivity contribution in [3.8, 4) is 0 Å². The highest BCUT2D eigenvalue weighted by Gasteiger charge is 2.14. The lowest BCUT2D eigenvalue weighted by Crippen LogP contribution is -2.28. The SMILES string of the molecule is CC(CNc1cncc(Br)c1)CN1CCCC1. The van der Waals surface area contributed by atoms with Crippen LogP contribution in [-0.2, 0) is 0 Å². The number of halogens is 1. The van der Waals surface area contributed by atoms with Crippen LogP contribution in [0.25, 0.3) is 0 Å². The zero-order chi connectivity index (χ0) is 12.1. The summed E-state index contributed by atoms with van der Waals surface area (Å²) >= 11 is 3.43. The first-order valence-corrected chi connectivity index (χ1v) is 7.10. The molecule has 4 heteroatoms. The van der Waals surface area contributed by atoms with Gasteiger partial charge >= 0.3 is 0 Å². The van der Waals surface area contributed by atoms with Crippen LogP contribution in [0, 0.1) is 5.92 Å². The van der Waals surface area contributed by atoms with Crippen LogP contribution in [0.3, 0.4) is 0 Å². The Kier molecular flexibility index (Phi) is 4.80. The van der Waals surface area contributed by atoms with E-state index in [9.17, 15) is 0 Å². The monoisotopic (exact) mass is 297 g/mol. The van der Waals surface area contributed by atoms with Crippen LogP contribution in [0.5, 0.6) is 0 Å². The van der Waals surface area contributed by atoms with Crippen molar-refractivity contribution >= 4 is 21.6 Å². The summed E-state index contributed by atoms with van der Waals surface area (Å²) in [5, 5.41) is 3.44. The molecule has 3 nitrogen and oxygen atoms in total. The van der Waals surface area contributed by atoms with Crippen molar-refractivity contribution in [3.05, 3.63) is 22.9 Å². The molecule has 2 heterocycles. The largest absolute Gasteiger partial charge is 0.383 e. The molecule has 0 aliphatic carbocycles. The van der Waals surface area contributed by atoms with E-state index in [1.807, 2.05) is 6.20 Å². The second-order valence-electron chi connectivity index (χ2n) is 4.89. The zero-order valence-electron chi connectivity index (χ0n) is 10.3. The van der Waals surface area contributed by atoms with E-state index in [2.05, 4.69) is 44.1 Å². The number of nitrogens with one attached hydrogen (secondary N) is 1. The van der Waals surface area contributed by atoms with Crippen molar-refractivity contribution in [2.45, 2.75) is 19.8 Å². The minimum atomic E-state index is 0.673. The fraction of sp³-hybridized carbons (Fsp3) is 0.615. The Hall–Kier alpha value is -0.610. The van der Waals surface area contributed by atoms with Gasteiger partial charge in [0.25, 0.3) is 0 Å². The normalized spacial score (nSPS) is 18.2. The summed E-state index contributed by atoms with van der Waals surface area (Å²) < 4.78 is 1.02. The molecule has 0 saturated carbocycles. The predicted molar refractivity (Wildman–Crippen MR) is 75.3 cm³/mol. The highest BCUT2D eigenvalue weighted by atomic mass is 79.9. The van der Waals surface area contributed by atoms with Gasteiger partial charge in [-0.2, -0.15) is 0 Å². The van der Waals surface area contributed by atoms with Crippen LogP contribution in [-0.4, -0.2) is 36.1 Å². The maximum atomic E-state index is 4.15. The van der Waals surface area contributed by atoms with Gasteiger partial charge in [-0.15, -0.1) is 0 Å². The molecule has 1 saturated heterocycles. The summed E-state index contributed by atoms with van der Waals surface area (Å²) in [6, 6.07) is 2.07. The van der Waals surface area contributed by atoms with E-state index in [-0.39, 0.29) is 0 Å². The minimum Gasteiger partial charge on any atom is -0.383 e. The molecule has 1 fully saturated rings. The first kappa shape index (κ1) is 12.8. The Morgan fingerprint density at radius 3 is 2.88 bits per heavy atom. The van der Waals surface area contributed by atoms with Crippen LogP contribution in [0.2, 0.25) is 0 Å². The van der Waals surface area contributed by atoms with Gasteiger partial charge in [0.1, 0.15) is 0 Å². The molecule has 1 N–H and O–H groups in total. The van der Waals surface area contributed by atoms with Crippen LogP contribution in [0.15, 0.2) is 22.9 Å². The molecule has 0 amide bonds. The molecule has 2 rings (SSSR count). The molecule has 0 aromatic carbocycles. The second-order valence-corrected chi connectivity index (χ2v) is 5.80. The molecule has 0 radical (unpaired) electrons. The minimum absolute atomic E-state index is 0.673. The summed E-state index contributed by atoms with van der Waals surface area (Å²) in [5.74, 6) is 0.673. The molecule has 1 aliphatic heterocycles. The number of rotatable bonds is 5. The Balaban J connectivity index is 1.73. The van der Waals surface area contributed by atoms with Crippen molar-refractivity contribution in [1.29, 1.82) is 0 Å². The molecule has 17 heavy (non-hydrogen) atoms.